The summed E-state index contributed by atoms with van der Waals surface area (Å²) in [6.07, 6.45) is 0.861. The summed E-state index contributed by atoms with van der Waals surface area (Å²) in [4.78, 5) is 28.2. The second-order valence-corrected chi connectivity index (χ2v) is 7.91. The highest BCUT2D eigenvalue weighted by Gasteiger charge is 2.33. The number of hydrogen-bond donors (Lipinski definition) is 1. The standard InChI is InChI=1S/C22H18N2O3S/c25-20-13-27-18-12-15(6-7-17(18)23-20)22(26)24-10-8-19-16(9-11-28-19)21(24)14-4-2-1-3-5-14/h1-7,9,11-12,21H,8,10,13H2,(H,23,25)/t21-/m1/s1. The van der Waals surface area contributed by atoms with Gasteiger partial charge in [-0.05, 0) is 47.2 Å². The van der Waals surface area contributed by atoms with Gasteiger partial charge in [-0.15, -0.1) is 11.3 Å². The van der Waals surface area contributed by atoms with Crippen molar-refractivity contribution in [3.63, 3.8) is 0 Å². The van der Waals surface area contributed by atoms with E-state index in [1.54, 1.807) is 29.5 Å². The number of benzene rings is 2. The highest BCUT2D eigenvalue weighted by Crippen LogP contribution is 2.39. The molecule has 2 aliphatic heterocycles. The summed E-state index contributed by atoms with van der Waals surface area (Å²) in [6.45, 7) is 0.639. The minimum Gasteiger partial charge on any atom is -0.482 e. The second-order valence-electron chi connectivity index (χ2n) is 6.91. The SMILES string of the molecule is O=C1COc2cc(C(=O)N3CCc4sccc4[C@H]3c3ccccc3)ccc2N1. The molecular weight excluding hydrogens is 372 g/mol. The maximum atomic E-state index is 13.5. The van der Waals surface area contributed by atoms with Crippen molar-refractivity contribution in [2.45, 2.75) is 12.5 Å². The first-order chi connectivity index (χ1) is 13.7. The molecular formula is C22H18N2O3S. The molecule has 3 aromatic rings. The molecule has 0 saturated heterocycles. The molecule has 1 aromatic heterocycles. The minimum atomic E-state index is -0.184. The summed E-state index contributed by atoms with van der Waals surface area (Å²) in [5.41, 5.74) is 3.48. The van der Waals surface area contributed by atoms with Crippen molar-refractivity contribution >= 4 is 28.8 Å². The molecule has 6 heteroatoms. The van der Waals surface area contributed by atoms with Crippen LogP contribution in [-0.2, 0) is 11.2 Å². The maximum absolute atomic E-state index is 13.5. The lowest BCUT2D eigenvalue weighted by atomic mass is 9.92. The van der Waals surface area contributed by atoms with Crippen LogP contribution in [0.2, 0.25) is 0 Å². The van der Waals surface area contributed by atoms with Crippen molar-refractivity contribution in [2.24, 2.45) is 0 Å². The Labute approximate surface area is 166 Å². The van der Waals surface area contributed by atoms with Crippen molar-refractivity contribution in [2.75, 3.05) is 18.5 Å². The lowest BCUT2D eigenvalue weighted by Gasteiger charge is -2.36. The Balaban J connectivity index is 1.52. The molecule has 0 aliphatic carbocycles. The average molecular weight is 390 g/mol. The van der Waals surface area contributed by atoms with Crippen molar-refractivity contribution in [3.05, 3.63) is 81.5 Å². The summed E-state index contributed by atoms with van der Waals surface area (Å²) in [6, 6.07) is 17.4. The molecule has 2 aliphatic rings. The Morgan fingerprint density at radius 2 is 2.00 bits per heavy atom. The number of fused-ring (bicyclic) bond motifs is 2. The van der Waals surface area contributed by atoms with Crippen LogP contribution in [0.3, 0.4) is 0 Å². The number of nitrogens with zero attached hydrogens (tertiary/aromatic N) is 1. The van der Waals surface area contributed by atoms with E-state index in [0.717, 1.165) is 12.0 Å². The number of anilines is 1. The molecule has 28 heavy (non-hydrogen) atoms. The zero-order valence-corrected chi connectivity index (χ0v) is 15.9. The number of hydrogen-bond acceptors (Lipinski definition) is 4. The van der Waals surface area contributed by atoms with Crippen LogP contribution >= 0.6 is 11.3 Å². The first-order valence-corrected chi connectivity index (χ1v) is 10.1. The number of carbonyl (C=O) groups excluding carboxylic acids is 2. The van der Waals surface area contributed by atoms with Gasteiger partial charge in [-0.1, -0.05) is 30.3 Å². The second kappa shape index (κ2) is 6.80. The smallest absolute Gasteiger partial charge is 0.262 e. The molecule has 0 fully saturated rings. The van der Waals surface area contributed by atoms with Crippen LogP contribution in [0.25, 0.3) is 0 Å². The molecule has 0 radical (unpaired) electrons. The van der Waals surface area contributed by atoms with Crippen LogP contribution in [0.15, 0.2) is 60.0 Å². The Morgan fingerprint density at radius 1 is 1.14 bits per heavy atom. The first kappa shape index (κ1) is 17.0. The molecule has 0 unspecified atom stereocenters. The van der Waals surface area contributed by atoms with Crippen LogP contribution in [0.5, 0.6) is 5.75 Å². The highest BCUT2D eigenvalue weighted by molar-refractivity contribution is 7.10. The molecule has 1 atom stereocenters. The van der Waals surface area contributed by atoms with E-state index >= 15 is 0 Å². The molecule has 140 valence electrons. The molecule has 0 spiro atoms. The number of ether oxygens (including phenoxy) is 1. The number of rotatable bonds is 2. The van der Waals surface area contributed by atoms with Gasteiger partial charge in [-0.2, -0.15) is 0 Å². The van der Waals surface area contributed by atoms with Gasteiger partial charge in [0.2, 0.25) is 0 Å². The molecule has 5 nitrogen and oxygen atoms in total. The lowest BCUT2D eigenvalue weighted by Crippen LogP contribution is -2.40. The fraction of sp³-hybridized carbons (Fsp3) is 0.182. The van der Waals surface area contributed by atoms with Crippen LogP contribution < -0.4 is 10.1 Å². The van der Waals surface area contributed by atoms with Crippen molar-refractivity contribution < 1.29 is 14.3 Å². The largest absolute Gasteiger partial charge is 0.482 e. The fourth-order valence-corrected chi connectivity index (χ4v) is 4.81. The van der Waals surface area contributed by atoms with E-state index < -0.39 is 0 Å². The van der Waals surface area contributed by atoms with Gasteiger partial charge in [-0.25, -0.2) is 0 Å². The Kier molecular flexibility index (Phi) is 4.13. The maximum Gasteiger partial charge on any atom is 0.262 e. The molecule has 1 N–H and O–H groups in total. The Bertz CT molecular complexity index is 1060. The molecule has 2 amide bonds. The normalized spacial score (nSPS) is 17.9. The first-order valence-electron chi connectivity index (χ1n) is 9.19. The highest BCUT2D eigenvalue weighted by atomic mass is 32.1. The predicted octanol–water partition coefficient (Wildman–Crippen LogP) is 3.87. The number of thiophene rings is 1. The van der Waals surface area contributed by atoms with Crippen LogP contribution in [0.4, 0.5) is 5.69 Å². The van der Waals surface area contributed by atoms with E-state index in [0.29, 0.717) is 23.5 Å². The summed E-state index contributed by atoms with van der Waals surface area (Å²) in [5.74, 6) is 0.320. The van der Waals surface area contributed by atoms with Crippen molar-refractivity contribution in [3.8, 4) is 5.75 Å². The monoisotopic (exact) mass is 390 g/mol. The third-order valence-corrected chi connectivity index (χ3v) is 6.20. The zero-order valence-electron chi connectivity index (χ0n) is 15.1. The van der Waals surface area contributed by atoms with Crippen molar-refractivity contribution in [1.82, 2.24) is 4.90 Å². The molecule has 3 heterocycles. The molecule has 2 aromatic carbocycles. The topological polar surface area (TPSA) is 58.6 Å². The molecule has 5 rings (SSSR count). The number of nitrogens with one attached hydrogen (secondary N) is 1. The Morgan fingerprint density at radius 3 is 2.86 bits per heavy atom. The zero-order chi connectivity index (χ0) is 19.1. The van der Waals surface area contributed by atoms with E-state index in [4.69, 9.17) is 4.74 Å². The number of carbonyl (C=O) groups is 2. The van der Waals surface area contributed by atoms with E-state index in [1.165, 1.54) is 10.4 Å². The molecule has 0 bridgehead atoms. The van der Waals surface area contributed by atoms with Gasteiger partial charge in [-0.3, -0.25) is 9.59 Å². The summed E-state index contributed by atoms with van der Waals surface area (Å²) in [5, 5.41) is 4.86. The quantitative estimate of drug-likeness (QED) is 0.723. The van der Waals surface area contributed by atoms with Gasteiger partial charge in [0.25, 0.3) is 11.8 Å². The van der Waals surface area contributed by atoms with Gasteiger partial charge in [0.05, 0.1) is 11.7 Å². The van der Waals surface area contributed by atoms with Gasteiger partial charge in [0.15, 0.2) is 6.61 Å². The summed E-state index contributed by atoms with van der Waals surface area (Å²) in [7, 11) is 0. The van der Waals surface area contributed by atoms with Crippen molar-refractivity contribution in [1.29, 1.82) is 0 Å². The third-order valence-electron chi connectivity index (χ3n) is 5.20. The molecule has 0 saturated carbocycles. The Hall–Kier alpha value is -3.12. The minimum absolute atomic E-state index is 0.0285. The van der Waals surface area contributed by atoms with E-state index in [1.807, 2.05) is 23.1 Å². The average Bonchev–Trinajstić information content (AvgIpc) is 3.21. The lowest BCUT2D eigenvalue weighted by molar-refractivity contribution is -0.118. The van der Waals surface area contributed by atoms with Crippen LogP contribution in [0, 0.1) is 0 Å². The summed E-state index contributed by atoms with van der Waals surface area (Å²) < 4.78 is 5.49. The fourth-order valence-electron chi connectivity index (χ4n) is 3.90. The third kappa shape index (κ3) is 2.86. The predicted molar refractivity (Wildman–Crippen MR) is 108 cm³/mol. The van der Waals surface area contributed by atoms with Crippen LogP contribution in [0.1, 0.15) is 32.4 Å². The van der Waals surface area contributed by atoms with Gasteiger partial charge in [0.1, 0.15) is 5.75 Å². The van der Waals surface area contributed by atoms with Gasteiger partial charge >= 0.3 is 0 Å². The van der Waals surface area contributed by atoms with E-state index in [9.17, 15) is 9.59 Å². The van der Waals surface area contributed by atoms with E-state index in [-0.39, 0.29) is 24.5 Å². The van der Waals surface area contributed by atoms with Gasteiger partial charge < -0.3 is 15.0 Å². The van der Waals surface area contributed by atoms with Gasteiger partial charge in [0, 0.05) is 17.0 Å². The van der Waals surface area contributed by atoms with E-state index in [2.05, 4.69) is 28.9 Å². The van der Waals surface area contributed by atoms with Crippen LogP contribution in [-0.4, -0.2) is 29.9 Å². The summed E-state index contributed by atoms with van der Waals surface area (Å²) >= 11 is 1.75. The number of amides is 2.